The molecule has 4 nitrogen and oxygen atoms in total. The molecule has 0 bridgehead atoms. The van der Waals surface area contributed by atoms with E-state index in [9.17, 15) is 0 Å². The van der Waals surface area contributed by atoms with Crippen LogP contribution in [0, 0.1) is 18.8 Å². The summed E-state index contributed by atoms with van der Waals surface area (Å²) in [4.78, 5) is 13.5. The zero-order valence-electron chi connectivity index (χ0n) is 26.9. The fourth-order valence-corrected chi connectivity index (χ4v) is 6.97. The number of fused-ring (bicyclic) bond motifs is 5. The first-order valence-electron chi connectivity index (χ1n) is 15.8. The topological polar surface area (TPSA) is 22.6 Å². The molecule has 48 heavy (non-hydrogen) atoms. The number of benzene rings is 5. The predicted octanol–water partition coefficient (Wildman–Crippen LogP) is 11.2. The quantitative estimate of drug-likeness (QED) is 0.130. The minimum absolute atomic E-state index is 0. The van der Waals surface area contributed by atoms with Crippen LogP contribution in [0.3, 0.4) is 0 Å². The summed E-state index contributed by atoms with van der Waals surface area (Å²) in [5.41, 5.74) is 10.1. The molecular weight excluding hydrogens is 699 g/mol. The van der Waals surface area contributed by atoms with E-state index in [4.69, 9.17) is 4.98 Å². The van der Waals surface area contributed by atoms with E-state index in [0.29, 0.717) is 0 Å². The molecule has 1 aromatic heterocycles. The van der Waals surface area contributed by atoms with Gasteiger partial charge in [-0.1, -0.05) is 92.7 Å². The monoisotopic (exact) mass is 731 g/mol. The van der Waals surface area contributed by atoms with Crippen molar-refractivity contribution in [3.8, 4) is 22.3 Å². The zero-order valence-corrected chi connectivity index (χ0v) is 29.2. The molecule has 0 saturated carbocycles. The first-order chi connectivity index (χ1) is 22.9. The van der Waals surface area contributed by atoms with E-state index < -0.39 is 0 Å². The summed E-state index contributed by atoms with van der Waals surface area (Å²) in [6.07, 6.45) is 6.06. The number of rotatable bonds is 5. The summed E-state index contributed by atoms with van der Waals surface area (Å²) in [6.45, 7) is 8.81. The number of para-hydroxylation sites is 2. The maximum atomic E-state index is 4.95. The minimum atomic E-state index is -0.0167. The molecule has 2 aliphatic rings. The second kappa shape index (κ2) is 13.1. The summed E-state index contributed by atoms with van der Waals surface area (Å²) in [5.74, 6) is 0.880. The average molecular weight is 732 g/mol. The van der Waals surface area contributed by atoms with Crippen molar-refractivity contribution in [2.45, 2.75) is 36.0 Å². The van der Waals surface area contributed by atoms with Crippen LogP contribution >= 0.6 is 11.8 Å². The van der Waals surface area contributed by atoms with Crippen LogP contribution < -0.4 is 14.7 Å². The summed E-state index contributed by atoms with van der Waals surface area (Å²) in [6, 6.07) is 50.1. The fourth-order valence-electron chi connectivity index (χ4n) is 6.15. The molecule has 2 aliphatic heterocycles. The Kier molecular flexibility index (Phi) is 8.75. The van der Waals surface area contributed by atoms with Gasteiger partial charge in [-0.15, -0.1) is 51.6 Å². The van der Waals surface area contributed by atoms with Gasteiger partial charge in [0.15, 0.2) is 0 Å². The minimum Gasteiger partial charge on any atom is -0.500 e. The van der Waals surface area contributed by atoms with Crippen LogP contribution in [0.15, 0.2) is 150 Å². The second-order valence-corrected chi connectivity index (χ2v) is 13.8. The van der Waals surface area contributed by atoms with Crippen molar-refractivity contribution in [1.82, 2.24) is 4.98 Å². The number of nitrogens with zero attached hydrogens (tertiary/aromatic N) is 4. The maximum absolute atomic E-state index is 4.95. The van der Waals surface area contributed by atoms with Crippen LogP contribution in [0.5, 0.6) is 0 Å². The molecule has 6 heteroatoms. The molecule has 6 aromatic rings. The molecule has 0 fully saturated rings. The van der Waals surface area contributed by atoms with Crippen LogP contribution in [0.2, 0.25) is 0 Å². The molecular formula is C42H33N4PdS-3. The molecule has 0 aliphatic carbocycles. The van der Waals surface area contributed by atoms with E-state index in [-0.39, 0.29) is 25.8 Å². The Balaban J connectivity index is 0.00000364. The number of aromatic nitrogens is 1. The first kappa shape index (κ1) is 32.0. The van der Waals surface area contributed by atoms with Gasteiger partial charge < -0.3 is 14.7 Å². The number of pyridine rings is 1. The summed E-state index contributed by atoms with van der Waals surface area (Å²) >= 11 is 1.67. The normalized spacial score (nSPS) is 13.4. The molecule has 0 unspecified atom stereocenters. The second-order valence-electron chi connectivity index (χ2n) is 12.7. The summed E-state index contributed by atoms with van der Waals surface area (Å²) < 4.78 is 0. The van der Waals surface area contributed by atoms with Gasteiger partial charge in [0, 0.05) is 37.9 Å². The molecule has 240 valence electrons. The van der Waals surface area contributed by atoms with E-state index in [1.165, 1.54) is 22.3 Å². The number of hydrogen-bond donors (Lipinski definition) is 0. The molecule has 0 saturated heterocycles. The van der Waals surface area contributed by atoms with Crippen molar-refractivity contribution in [3.05, 3.63) is 164 Å². The van der Waals surface area contributed by atoms with E-state index in [2.05, 4.69) is 182 Å². The smallest absolute Gasteiger partial charge is 0.135 e. The van der Waals surface area contributed by atoms with Crippen LogP contribution in [-0.2, 0) is 25.8 Å². The van der Waals surface area contributed by atoms with Gasteiger partial charge in [-0.3, -0.25) is 0 Å². The van der Waals surface area contributed by atoms with Gasteiger partial charge >= 0.3 is 0 Å². The van der Waals surface area contributed by atoms with E-state index >= 15 is 0 Å². The molecule has 0 N–H and O–H groups in total. The van der Waals surface area contributed by atoms with Crippen LogP contribution in [-0.4, -0.2) is 4.98 Å². The third-order valence-corrected chi connectivity index (χ3v) is 9.47. The Labute approximate surface area is 301 Å². The molecule has 0 amide bonds. The summed E-state index contributed by atoms with van der Waals surface area (Å²) in [5, 5.41) is 0. The van der Waals surface area contributed by atoms with Crippen molar-refractivity contribution in [2.24, 2.45) is 0 Å². The molecule has 5 aromatic carbocycles. The van der Waals surface area contributed by atoms with Gasteiger partial charge in [-0.2, -0.15) is 30.3 Å². The molecule has 0 atom stereocenters. The third kappa shape index (κ3) is 6.08. The van der Waals surface area contributed by atoms with Crippen molar-refractivity contribution in [2.75, 3.05) is 14.7 Å². The number of hydrogen-bond acceptors (Lipinski definition) is 5. The van der Waals surface area contributed by atoms with Crippen LogP contribution in [0.4, 0.5) is 28.6 Å². The molecule has 0 radical (unpaired) electrons. The molecule has 3 heterocycles. The van der Waals surface area contributed by atoms with E-state index in [0.717, 1.165) is 43.9 Å². The summed E-state index contributed by atoms with van der Waals surface area (Å²) in [7, 11) is 0. The first-order valence-corrected chi connectivity index (χ1v) is 16.6. The van der Waals surface area contributed by atoms with Crippen molar-refractivity contribution in [1.29, 1.82) is 0 Å². The Morgan fingerprint density at radius 3 is 2.12 bits per heavy atom. The van der Waals surface area contributed by atoms with Gasteiger partial charge in [0.05, 0.1) is 5.69 Å². The largest absolute Gasteiger partial charge is 0.500 e. The Morgan fingerprint density at radius 2 is 1.33 bits per heavy atom. The standard InChI is InChI=1S/C42H33N4S.Pd/c1-42(2,3)30-22-23-43-41(26-30)46-39-19-10-9-18-37(39)35-16-7-8-17-36(35)38-21-20-34(28-40(38)46)47-33-15-11-14-32(27-33)45-25-24-44(29-45)31-12-5-4-6-13-31;/h4-26,29H,1-3H3;/q-3;. The van der Waals surface area contributed by atoms with Gasteiger partial charge in [0.1, 0.15) is 5.82 Å². The van der Waals surface area contributed by atoms with Gasteiger partial charge in [0.2, 0.25) is 0 Å². The average Bonchev–Trinajstić information content (AvgIpc) is 3.56. The Hall–Kier alpha value is -4.60. The Bertz CT molecular complexity index is 2120. The van der Waals surface area contributed by atoms with Gasteiger partial charge in [0.25, 0.3) is 0 Å². The Morgan fingerprint density at radius 1 is 0.646 bits per heavy atom. The maximum Gasteiger partial charge on any atom is 0.135 e. The zero-order chi connectivity index (χ0) is 32.0. The van der Waals surface area contributed by atoms with Crippen LogP contribution in [0.25, 0.3) is 22.3 Å². The van der Waals surface area contributed by atoms with Gasteiger partial charge in [-0.05, 0) is 59.3 Å². The number of anilines is 5. The fraction of sp³-hybridized carbons (Fsp3) is 0.0952. The van der Waals surface area contributed by atoms with E-state index in [1.54, 1.807) is 11.8 Å². The SMILES string of the molecule is CC(C)(C)c1ccnc(N2c3[c-]c(Sc4[c-]c(N5C=CN(c6ccccc6)[CH-]5)ccc4)ccc3-c3ccccc3-c3ccccc32)c1.[Pd]. The predicted molar refractivity (Wildman–Crippen MR) is 195 cm³/mol. The van der Waals surface area contributed by atoms with E-state index in [1.807, 2.05) is 12.3 Å². The molecule has 8 rings (SSSR count). The van der Waals surface area contributed by atoms with Crippen LogP contribution in [0.1, 0.15) is 26.3 Å². The van der Waals surface area contributed by atoms with Crippen molar-refractivity contribution in [3.63, 3.8) is 0 Å². The third-order valence-electron chi connectivity index (χ3n) is 8.56. The van der Waals surface area contributed by atoms with Crippen molar-refractivity contribution < 1.29 is 20.4 Å². The molecule has 0 spiro atoms. The van der Waals surface area contributed by atoms with Gasteiger partial charge in [-0.25, -0.2) is 4.98 Å². The van der Waals surface area contributed by atoms with Crippen molar-refractivity contribution >= 4 is 40.3 Å².